The van der Waals surface area contributed by atoms with Crippen molar-refractivity contribution in [1.82, 2.24) is 15.2 Å². The van der Waals surface area contributed by atoms with Crippen LogP contribution in [0, 0.1) is 0 Å². The summed E-state index contributed by atoms with van der Waals surface area (Å²) < 4.78 is 5.68. The number of nitrogens with zero attached hydrogens (tertiary/aromatic N) is 3. The molecular weight excluding hydrogens is 500 g/mol. The Morgan fingerprint density at radius 1 is 1.29 bits per heavy atom. The topological polar surface area (TPSA) is 77.4 Å². The minimum Gasteiger partial charge on any atom is -0.506 e. The molecule has 0 saturated carbocycles. The van der Waals surface area contributed by atoms with Gasteiger partial charge >= 0.3 is 5.97 Å². The second-order valence-corrected chi connectivity index (χ2v) is 9.29. The molecule has 1 aliphatic rings. The van der Waals surface area contributed by atoms with E-state index < -0.39 is 0 Å². The van der Waals surface area contributed by atoms with E-state index >= 15 is 0 Å². The number of thiophene rings is 1. The number of hydrogen-bond donors (Lipinski definition) is 2. The Balaban J connectivity index is 1.54. The third-order valence-corrected chi connectivity index (χ3v) is 7.00. The predicted molar refractivity (Wildman–Crippen MR) is 132 cm³/mol. The quantitative estimate of drug-likeness (QED) is 0.258. The third-order valence-electron chi connectivity index (χ3n) is 5.10. The molecule has 0 amide bonds. The molecule has 1 aliphatic heterocycles. The fourth-order valence-corrected chi connectivity index (χ4v) is 4.71. The van der Waals surface area contributed by atoms with Gasteiger partial charge in [0.05, 0.1) is 29.7 Å². The monoisotopic (exact) mass is 524 g/mol. The number of ether oxygens (including phenoxy) is 1. The molecule has 1 saturated heterocycles. The Hall–Kier alpha value is -2.01. The van der Waals surface area contributed by atoms with E-state index in [1.165, 1.54) is 18.4 Å². The number of aromatic hydroxyl groups is 1. The molecule has 1 aromatic heterocycles. The summed E-state index contributed by atoms with van der Waals surface area (Å²) in [7, 11) is 1.41. The van der Waals surface area contributed by atoms with Gasteiger partial charge in [0.2, 0.25) is 0 Å². The van der Waals surface area contributed by atoms with Crippen molar-refractivity contribution in [2.75, 3.05) is 39.8 Å². The number of halogens is 1. The molecule has 0 spiro atoms. The lowest BCUT2D eigenvalue weighted by atomic mass is 10.1. The van der Waals surface area contributed by atoms with Gasteiger partial charge in [0.25, 0.3) is 0 Å². The van der Waals surface area contributed by atoms with Gasteiger partial charge in [-0.25, -0.2) is 0 Å². The van der Waals surface area contributed by atoms with Gasteiger partial charge in [-0.1, -0.05) is 28.1 Å². The van der Waals surface area contributed by atoms with Crippen LogP contribution >= 0.6 is 39.5 Å². The first-order valence-electron chi connectivity index (χ1n) is 9.84. The molecule has 1 aromatic carbocycles. The number of esters is 1. The Labute approximate surface area is 199 Å². The minimum atomic E-state index is -0.190. The summed E-state index contributed by atoms with van der Waals surface area (Å²) in [5.74, 6) is 0.0323. The molecule has 166 valence electrons. The molecular formula is C21H25BrN4O3S2. The number of nitrogens with one attached hydrogen (secondary N) is 1. The summed E-state index contributed by atoms with van der Waals surface area (Å²) in [5, 5.41) is 17.5. The van der Waals surface area contributed by atoms with Crippen molar-refractivity contribution >= 4 is 56.3 Å². The van der Waals surface area contributed by atoms with Crippen molar-refractivity contribution in [2.45, 2.75) is 13.3 Å². The van der Waals surface area contributed by atoms with E-state index in [-0.39, 0.29) is 11.7 Å². The normalized spacial score (nSPS) is 15.1. The summed E-state index contributed by atoms with van der Waals surface area (Å²) in [6.07, 6.45) is 0.398. The first-order chi connectivity index (χ1) is 14.9. The lowest BCUT2D eigenvalue weighted by Crippen LogP contribution is -2.51. The lowest BCUT2D eigenvalue weighted by molar-refractivity contribution is -0.141. The van der Waals surface area contributed by atoms with Gasteiger partial charge in [-0.05, 0) is 36.8 Å². The van der Waals surface area contributed by atoms with Gasteiger partial charge in [-0.2, -0.15) is 5.10 Å². The number of rotatable bonds is 6. The Kier molecular flexibility index (Phi) is 8.42. The van der Waals surface area contributed by atoms with Crippen molar-refractivity contribution in [3.63, 3.8) is 0 Å². The molecule has 0 bridgehead atoms. The van der Waals surface area contributed by atoms with E-state index in [0.717, 1.165) is 41.1 Å². The first-order valence-corrected chi connectivity index (χ1v) is 11.9. The molecule has 0 radical (unpaired) electrons. The van der Waals surface area contributed by atoms with Crippen LogP contribution in [-0.4, -0.2) is 71.5 Å². The molecule has 3 rings (SSSR count). The molecule has 10 heteroatoms. The van der Waals surface area contributed by atoms with E-state index in [1.807, 2.05) is 36.6 Å². The zero-order chi connectivity index (χ0) is 22.4. The minimum absolute atomic E-state index is 0.190. The number of benzene rings is 1. The van der Waals surface area contributed by atoms with E-state index in [4.69, 9.17) is 17.0 Å². The summed E-state index contributed by atoms with van der Waals surface area (Å²) in [6.45, 7) is 5.70. The second-order valence-electron chi connectivity index (χ2n) is 7.10. The van der Waals surface area contributed by atoms with Crippen LogP contribution in [0.2, 0.25) is 0 Å². The molecule has 2 aromatic rings. The highest BCUT2D eigenvalue weighted by Gasteiger charge is 2.20. The molecule has 0 unspecified atom stereocenters. The smallest absolute Gasteiger partial charge is 0.306 e. The number of carbonyl (C=O) groups is 1. The standard InChI is InChI=1S/C21H25BrN4O3S2/c1-14(17-13-31-20(19(17)28)15-3-5-16(22)6-4-15)23-24-21(30)26-11-9-25(10-12-26)8-7-18(27)29-2/h3-6,13,28H,7-12H2,1-2H3,(H,24,30). The molecule has 2 N–H and O–H groups in total. The molecule has 0 aliphatic carbocycles. The highest BCUT2D eigenvalue weighted by Crippen LogP contribution is 2.39. The van der Waals surface area contributed by atoms with E-state index in [1.54, 1.807) is 0 Å². The maximum atomic E-state index is 11.3. The average Bonchev–Trinajstić information content (AvgIpc) is 3.17. The van der Waals surface area contributed by atoms with Crippen LogP contribution < -0.4 is 5.43 Å². The van der Waals surface area contributed by atoms with Crippen LogP contribution in [0.4, 0.5) is 0 Å². The van der Waals surface area contributed by atoms with E-state index in [2.05, 4.69) is 36.3 Å². The van der Waals surface area contributed by atoms with Crippen LogP contribution in [0.5, 0.6) is 5.75 Å². The molecule has 0 atom stereocenters. The van der Waals surface area contributed by atoms with Crippen molar-refractivity contribution in [2.24, 2.45) is 5.10 Å². The summed E-state index contributed by atoms with van der Waals surface area (Å²) in [6, 6.07) is 7.82. The number of hydrogen-bond acceptors (Lipinski definition) is 7. The van der Waals surface area contributed by atoms with Crippen LogP contribution in [-0.2, 0) is 9.53 Å². The van der Waals surface area contributed by atoms with Crippen molar-refractivity contribution < 1.29 is 14.6 Å². The molecule has 2 heterocycles. The lowest BCUT2D eigenvalue weighted by Gasteiger charge is -2.35. The maximum Gasteiger partial charge on any atom is 0.306 e. The van der Waals surface area contributed by atoms with Crippen LogP contribution in [0.3, 0.4) is 0 Å². The number of hydrazone groups is 1. The Morgan fingerprint density at radius 3 is 2.61 bits per heavy atom. The van der Waals surface area contributed by atoms with Gasteiger partial charge in [0, 0.05) is 42.6 Å². The third kappa shape index (κ3) is 6.25. The van der Waals surface area contributed by atoms with Gasteiger partial charge in [0.15, 0.2) is 5.11 Å². The van der Waals surface area contributed by atoms with Crippen molar-refractivity contribution in [3.8, 4) is 16.2 Å². The zero-order valence-corrected chi connectivity index (χ0v) is 20.6. The summed E-state index contributed by atoms with van der Waals surface area (Å²) in [5.41, 5.74) is 5.25. The Morgan fingerprint density at radius 2 is 1.97 bits per heavy atom. The fraction of sp³-hybridized carbons (Fsp3) is 0.381. The van der Waals surface area contributed by atoms with Crippen molar-refractivity contribution in [3.05, 3.63) is 39.7 Å². The molecule has 7 nitrogen and oxygen atoms in total. The van der Waals surface area contributed by atoms with Crippen LogP contribution in [0.1, 0.15) is 18.9 Å². The molecule has 1 fully saturated rings. The number of piperazine rings is 1. The van der Waals surface area contributed by atoms with Gasteiger partial charge in [-0.3, -0.25) is 15.1 Å². The fourth-order valence-electron chi connectivity index (χ4n) is 3.20. The van der Waals surface area contributed by atoms with Gasteiger partial charge in [-0.15, -0.1) is 11.3 Å². The van der Waals surface area contributed by atoms with Gasteiger partial charge < -0.3 is 14.7 Å². The highest BCUT2D eigenvalue weighted by molar-refractivity contribution is 9.10. The van der Waals surface area contributed by atoms with Crippen LogP contribution in [0.15, 0.2) is 39.2 Å². The van der Waals surface area contributed by atoms with E-state index in [9.17, 15) is 9.90 Å². The first kappa shape index (κ1) is 23.6. The number of thiocarbonyl (C=S) groups is 1. The summed E-state index contributed by atoms with van der Waals surface area (Å²) in [4.78, 5) is 16.4. The zero-order valence-electron chi connectivity index (χ0n) is 17.4. The Bertz CT molecular complexity index is 954. The van der Waals surface area contributed by atoms with Crippen LogP contribution in [0.25, 0.3) is 10.4 Å². The predicted octanol–water partition coefficient (Wildman–Crippen LogP) is 3.66. The largest absolute Gasteiger partial charge is 0.506 e. The summed E-state index contributed by atoms with van der Waals surface area (Å²) >= 11 is 10.4. The average molecular weight is 525 g/mol. The van der Waals surface area contributed by atoms with Gasteiger partial charge in [0.1, 0.15) is 5.75 Å². The SMILES string of the molecule is COC(=O)CCN1CCN(C(=S)NN=C(C)c2csc(-c3ccc(Br)cc3)c2O)CC1. The maximum absolute atomic E-state index is 11.3. The number of carbonyl (C=O) groups excluding carboxylic acids is 1. The second kappa shape index (κ2) is 11.0. The molecule has 31 heavy (non-hydrogen) atoms. The highest BCUT2D eigenvalue weighted by atomic mass is 79.9. The number of methoxy groups -OCH3 is 1. The van der Waals surface area contributed by atoms with E-state index in [0.29, 0.717) is 29.4 Å². The van der Waals surface area contributed by atoms with Crippen molar-refractivity contribution in [1.29, 1.82) is 0 Å².